The van der Waals surface area contributed by atoms with Gasteiger partial charge in [0.25, 0.3) is 0 Å². The molecule has 5 nitrogen and oxygen atoms in total. The van der Waals surface area contributed by atoms with E-state index in [9.17, 15) is 4.79 Å². The molecule has 0 aliphatic carbocycles. The van der Waals surface area contributed by atoms with Crippen LogP contribution in [0.1, 0.15) is 18.9 Å². The van der Waals surface area contributed by atoms with E-state index in [1.54, 1.807) is 14.2 Å². The second-order valence-corrected chi connectivity index (χ2v) is 6.68. The number of ether oxygens (including phenoxy) is 2. The number of amides is 1. The van der Waals surface area contributed by atoms with E-state index in [2.05, 4.69) is 22.4 Å². The summed E-state index contributed by atoms with van der Waals surface area (Å²) in [6, 6.07) is 16.2. The maximum Gasteiger partial charge on any atom is 0.220 e. The fourth-order valence-corrected chi connectivity index (χ4v) is 3.34. The number of aromatic amines is 1. The molecule has 1 heterocycles. The number of nitrogens with one attached hydrogen (secondary N) is 2. The molecule has 1 aromatic heterocycles. The summed E-state index contributed by atoms with van der Waals surface area (Å²) in [6.45, 7) is 2.45. The first kappa shape index (κ1) is 19.0. The van der Waals surface area contributed by atoms with Crippen LogP contribution in [0.25, 0.3) is 22.2 Å². The Morgan fingerprint density at radius 1 is 1.11 bits per heavy atom. The van der Waals surface area contributed by atoms with Crippen LogP contribution in [0.15, 0.2) is 48.5 Å². The summed E-state index contributed by atoms with van der Waals surface area (Å²) in [5.41, 5.74) is 4.36. The van der Waals surface area contributed by atoms with Gasteiger partial charge in [-0.05, 0) is 54.8 Å². The van der Waals surface area contributed by atoms with E-state index >= 15 is 0 Å². The van der Waals surface area contributed by atoms with Crippen LogP contribution in [0.2, 0.25) is 0 Å². The zero-order valence-electron chi connectivity index (χ0n) is 16.0. The topological polar surface area (TPSA) is 63.4 Å². The Morgan fingerprint density at radius 2 is 1.85 bits per heavy atom. The van der Waals surface area contributed by atoms with E-state index in [0.29, 0.717) is 19.4 Å². The molecule has 0 radical (unpaired) electrons. The standard InChI is InChI=1S/C22H26N2O3/c1-15(14-26-2)23-21(25)13-12-19-18-6-4-5-7-20(18)24-22(19)16-8-10-17(27-3)11-9-16/h4-11,15,24H,12-14H2,1-3H3,(H,23,25). The lowest BCUT2D eigenvalue weighted by atomic mass is 10.0. The molecule has 27 heavy (non-hydrogen) atoms. The van der Waals surface area contributed by atoms with E-state index in [0.717, 1.165) is 33.5 Å². The summed E-state index contributed by atoms with van der Waals surface area (Å²) in [6.07, 6.45) is 1.09. The van der Waals surface area contributed by atoms with Crippen LogP contribution in [0.5, 0.6) is 5.75 Å². The molecular weight excluding hydrogens is 340 g/mol. The monoisotopic (exact) mass is 366 g/mol. The third-order valence-electron chi connectivity index (χ3n) is 4.62. The average molecular weight is 366 g/mol. The zero-order valence-corrected chi connectivity index (χ0v) is 16.0. The molecule has 1 unspecified atom stereocenters. The van der Waals surface area contributed by atoms with Gasteiger partial charge in [0.2, 0.25) is 5.91 Å². The number of fused-ring (bicyclic) bond motifs is 1. The molecule has 1 atom stereocenters. The number of hydrogen-bond donors (Lipinski definition) is 2. The van der Waals surface area contributed by atoms with Crippen molar-refractivity contribution >= 4 is 16.8 Å². The van der Waals surface area contributed by atoms with Gasteiger partial charge in [0.05, 0.1) is 13.7 Å². The van der Waals surface area contributed by atoms with Crippen LogP contribution in [0.4, 0.5) is 0 Å². The number of carbonyl (C=O) groups excluding carboxylic acids is 1. The van der Waals surface area contributed by atoms with E-state index in [4.69, 9.17) is 9.47 Å². The Hall–Kier alpha value is -2.79. The smallest absolute Gasteiger partial charge is 0.220 e. The number of H-pyrrole nitrogens is 1. The number of rotatable bonds is 8. The lowest BCUT2D eigenvalue weighted by Gasteiger charge is -2.13. The molecule has 0 aliphatic heterocycles. The fourth-order valence-electron chi connectivity index (χ4n) is 3.34. The van der Waals surface area contributed by atoms with E-state index in [-0.39, 0.29) is 11.9 Å². The van der Waals surface area contributed by atoms with Crippen LogP contribution in [-0.4, -0.2) is 37.8 Å². The Kier molecular flexibility index (Phi) is 6.14. The van der Waals surface area contributed by atoms with Crippen molar-refractivity contribution in [3.63, 3.8) is 0 Å². The van der Waals surface area contributed by atoms with Crippen molar-refractivity contribution in [2.75, 3.05) is 20.8 Å². The van der Waals surface area contributed by atoms with Crippen LogP contribution in [-0.2, 0) is 16.0 Å². The maximum absolute atomic E-state index is 12.3. The van der Waals surface area contributed by atoms with Gasteiger partial charge in [-0.25, -0.2) is 0 Å². The maximum atomic E-state index is 12.3. The summed E-state index contributed by atoms with van der Waals surface area (Å²) < 4.78 is 10.3. The summed E-state index contributed by atoms with van der Waals surface area (Å²) in [5, 5.41) is 4.13. The first-order chi connectivity index (χ1) is 13.1. The third kappa shape index (κ3) is 4.49. The molecule has 1 amide bonds. The Balaban J connectivity index is 1.85. The fraction of sp³-hybridized carbons (Fsp3) is 0.318. The number of hydrogen-bond acceptors (Lipinski definition) is 3. The molecule has 0 aliphatic rings. The lowest BCUT2D eigenvalue weighted by Crippen LogP contribution is -2.35. The highest BCUT2D eigenvalue weighted by Crippen LogP contribution is 2.32. The van der Waals surface area contributed by atoms with Gasteiger partial charge >= 0.3 is 0 Å². The second kappa shape index (κ2) is 8.73. The van der Waals surface area contributed by atoms with Crippen LogP contribution < -0.4 is 10.1 Å². The minimum Gasteiger partial charge on any atom is -0.497 e. The van der Waals surface area contributed by atoms with Crippen molar-refractivity contribution in [3.05, 3.63) is 54.1 Å². The van der Waals surface area contributed by atoms with Crippen molar-refractivity contribution in [3.8, 4) is 17.0 Å². The van der Waals surface area contributed by atoms with Gasteiger partial charge in [0.1, 0.15) is 5.75 Å². The molecule has 0 fully saturated rings. The number of aryl methyl sites for hydroxylation is 1. The molecule has 0 saturated heterocycles. The molecule has 142 valence electrons. The predicted molar refractivity (Wildman–Crippen MR) is 108 cm³/mol. The van der Waals surface area contributed by atoms with E-state index in [1.165, 1.54) is 0 Å². The van der Waals surface area contributed by atoms with E-state index in [1.807, 2.05) is 43.3 Å². The summed E-state index contributed by atoms with van der Waals surface area (Å²) in [7, 11) is 3.29. The largest absolute Gasteiger partial charge is 0.497 e. The van der Waals surface area contributed by atoms with Gasteiger partial charge in [-0.1, -0.05) is 18.2 Å². The molecule has 2 N–H and O–H groups in total. The molecule has 3 rings (SSSR count). The second-order valence-electron chi connectivity index (χ2n) is 6.68. The highest BCUT2D eigenvalue weighted by molar-refractivity contribution is 5.91. The highest BCUT2D eigenvalue weighted by atomic mass is 16.5. The zero-order chi connectivity index (χ0) is 19.2. The van der Waals surface area contributed by atoms with Crippen molar-refractivity contribution in [2.24, 2.45) is 0 Å². The van der Waals surface area contributed by atoms with E-state index < -0.39 is 0 Å². The SMILES string of the molecule is COCC(C)NC(=O)CCc1c(-c2ccc(OC)cc2)[nH]c2ccccc12. The number of methoxy groups -OCH3 is 2. The van der Waals surface area contributed by atoms with Crippen molar-refractivity contribution in [1.29, 1.82) is 0 Å². The van der Waals surface area contributed by atoms with Gasteiger partial charge in [-0.3, -0.25) is 4.79 Å². The molecule has 0 bridgehead atoms. The molecule has 5 heteroatoms. The minimum absolute atomic E-state index is 0.00604. The molecule has 0 spiro atoms. The van der Waals surface area contributed by atoms with Gasteiger partial charge in [-0.2, -0.15) is 0 Å². The van der Waals surface area contributed by atoms with Crippen LogP contribution in [0, 0.1) is 0 Å². The van der Waals surface area contributed by atoms with Crippen LogP contribution in [0.3, 0.4) is 0 Å². The van der Waals surface area contributed by atoms with Crippen molar-refractivity contribution < 1.29 is 14.3 Å². The highest BCUT2D eigenvalue weighted by Gasteiger charge is 2.15. The molecule has 2 aromatic carbocycles. The van der Waals surface area contributed by atoms with Gasteiger partial charge in [0, 0.05) is 36.2 Å². The Labute approximate surface area is 159 Å². The summed E-state index contributed by atoms with van der Waals surface area (Å²) in [5.74, 6) is 0.855. The molecule has 0 saturated carbocycles. The average Bonchev–Trinajstić information content (AvgIpc) is 3.05. The van der Waals surface area contributed by atoms with Gasteiger partial charge in [-0.15, -0.1) is 0 Å². The number of aromatic nitrogens is 1. The number of benzene rings is 2. The van der Waals surface area contributed by atoms with Gasteiger partial charge in [0.15, 0.2) is 0 Å². The third-order valence-corrected chi connectivity index (χ3v) is 4.62. The predicted octanol–water partition coefficient (Wildman–Crippen LogP) is 3.93. The lowest BCUT2D eigenvalue weighted by molar-refractivity contribution is -0.122. The normalized spacial score (nSPS) is 12.1. The van der Waals surface area contributed by atoms with Crippen molar-refractivity contribution in [2.45, 2.75) is 25.8 Å². The minimum atomic E-state index is 0.00604. The van der Waals surface area contributed by atoms with Gasteiger partial charge < -0.3 is 19.8 Å². The first-order valence-corrected chi connectivity index (χ1v) is 9.14. The summed E-state index contributed by atoms with van der Waals surface area (Å²) in [4.78, 5) is 15.8. The number of para-hydroxylation sites is 1. The Bertz CT molecular complexity index is 900. The quantitative estimate of drug-likeness (QED) is 0.635. The molecular formula is C22H26N2O3. The van der Waals surface area contributed by atoms with Crippen molar-refractivity contribution in [1.82, 2.24) is 10.3 Å². The summed E-state index contributed by atoms with van der Waals surface area (Å²) >= 11 is 0. The first-order valence-electron chi connectivity index (χ1n) is 9.14. The molecule has 3 aromatic rings. The van der Waals surface area contributed by atoms with Crippen LogP contribution >= 0.6 is 0 Å². The number of carbonyl (C=O) groups is 1. The Morgan fingerprint density at radius 3 is 2.56 bits per heavy atom.